The molecule has 0 spiro atoms. The lowest BCUT2D eigenvalue weighted by Crippen LogP contribution is -2.13. The number of para-hydroxylation sites is 1. The van der Waals surface area contributed by atoms with E-state index in [-0.39, 0.29) is 0 Å². The van der Waals surface area contributed by atoms with E-state index in [2.05, 4.69) is 32.0 Å². The van der Waals surface area contributed by atoms with Gasteiger partial charge in [-0.25, -0.2) is 0 Å². The topological polar surface area (TPSA) is 38.9 Å². The van der Waals surface area contributed by atoms with Gasteiger partial charge in [0.05, 0.1) is 5.52 Å². The maximum absolute atomic E-state index is 6.04. The number of rotatable bonds is 2. The van der Waals surface area contributed by atoms with Crippen molar-refractivity contribution in [1.82, 2.24) is 4.98 Å². The second-order valence-electron chi connectivity index (χ2n) is 5.82. The van der Waals surface area contributed by atoms with E-state index in [4.69, 9.17) is 10.7 Å². The molecule has 1 aliphatic carbocycles. The van der Waals surface area contributed by atoms with Crippen LogP contribution in [0.4, 0.5) is 0 Å². The van der Waals surface area contributed by atoms with Gasteiger partial charge in [-0.15, -0.1) is 0 Å². The highest BCUT2D eigenvalue weighted by atomic mass is 14.7. The highest BCUT2D eigenvalue weighted by molar-refractivity contribution is 5.87. The van der Waals surface area contributed by atoms with Crippen molar-refractivity contribution in [3.8, 4) is 0 Å². The molecule has 0 amide bonds. The number of hydrogen-bond donors (Lipinski definition) is 1. The van der Waals surface area contributed by atoms with E-state index in [1.54, 1.807) is 0 Å². The molecule has 2 nitrogen and oxygen atoms in total. The molecule has 2 heteroatoms. The van der Waals surface area contributed by atoms with Gasteiger partial charge in [-0.2, -0.15) is 0 Å². The molecular weight excluding hydrogens is 232 g/mol. The van der Waals surface area contributed by atoms with Crippen molar-refractivity contribution in [1.29, 1.82) is 0 Å². The molecule has 0 bridgehead atoms. The number of aromatic nitrogens is 1. The van der Waals surface area contributed by atoms with Crippen LogP contribution in [0.2, 0.25) is 0 Å². The summed E-state index contributed by atoms with van der Waals surface area (Å²) in [5.74, 6) is 0.503. The van der Waals surface area contributed by atoms with Crippen molar-refractivity contribution in [2.45, 2.75) is 52.0 Å². The van der Waals surface area contributed by atoms with Crippen LogP contribution in [0.3, 0.4) is 0 Å². The molecule has 2 aromatic rings. The van der Waals surface area contributed by atoms with Crippen LogP contribution in [0.25, 0.3) is 10.9 Å². The Morgan fingerprint density at radius 3 is 2.74 bits per heavy atom. The highest BCUT2D eigenvalue weighted by Gasteiger charge is 2.18. The smallest absolute Gasteiger partial charge is 0.0743 e. The Labute approximate surface area is 115 Å². The van der Waals surface area contributed by atoms with E-state index < -0.39 is 0 Å². The van der Waals surface area contributed by atoms with Crippen LogP contribution in [-0.4, -0.2) is 4.98 Å². The summed E-state index contributed by atoms with van der Waals surface area (Å²) < 4.78 is 0. The zero-order valence-corrected chi connectivity index (χ0v) is 11.9. The molecule has 1 aromatic carbocycles. The van der Waals surface area contributed by atoms with Crippen molar-refractivity contribution < 1.29 is 0 Å². The van der Waals surface area contributed by atoms with Crippen LogP contribution in [-0.2, 0) is 19.4 Å². The largest absolute Gasteiger partial charge is 0.326 e. The lowest BCUT2D eigenvalue weighted by molar-refractivity contribution is 0.664. The lowest BCUT2D eigenvalue weighted by atomic mass is 9.88. The Kier molecular flexibility index (Phi) is 3.28. The van der Waals surface area contributed by atoms with Crippen LogP contribution < -0.4 is 5.73 Å². The monoisotopic (exact) mass is 254 g/mol. The van der Waals surface area contributed by atoms with Gasteiger partial charge in [0, 0.05) is 17.6 Å². The third-order valence-corrected chi connectivity index (χ3v) is 4.27. The van der Waals surface area contributed by atoms with E-state index in [1.807, 2.05) is 0 Å². The predicted octanol–water partition coefficient (Wildman–Crippen LogP) is 3.70. The number of pyridine rings is 1. The normalized spacial score (nSPS) is 14.9. The van der Waals surface area contributed by atoms with Crippen LogP contribution in [0.5, 0.6) is 0 Å². The number of fused-ring (bicyclic) bond motifs is 2. The number of aryl methyl sites for hydroxylation is 1. The van der Waals surface area contributed by atoms with Crippen LogP contribution in [0.1, 0.15) is 55.0 Å². The van der Waals surface area contributed by atoms with Crippen molar-refractivity contribution in [3.63, 3.8) is 0 Å². The van der Waals surface area contributed by atoms with Crippen LogP contribution in [0, 0.1) is 0 Å². The summed E-state index contributed by atoms with van der Waals surface area (Å²) in [4.78, 5) is 4.99. The fraction of sp³-hybridized carbons (Fsp3) is 0.471. The molecule has 0 saturated carbocycles. The predicted molar refractivity (Wildman–Crippen MR) is 80.4 cm³/mol. The molecule has 0 radical (unpaired) electrons. The number of nitrogens with zero attached hydrogens (tertiary/aromatic N) is 1. The van der Waals surface area contributed by atoms with Crippen LogP contribution >= 0.6 is 0 Å². The Hall–Kier alpha value is -1.41. The summed E-state index contributed by atoms with van der Waals surface area (Å²) in [7, 11) is 0. The quantitative estimate of drug-likeness (QED) is 0.887. The molecule has 0 atom stereocenters. The third kappa shape index (κ3) is 2.04. The second-order valence-corrected chi connectivity index (χ2v) is 5.82. The Balaban J connectivity index is 2.36. The number of hydrogen-bond acceptors (Lipinski definition) is 2. The van der Waals surface area contributed by atoms with Gasteiger partial charge in [0.1, 0.15) is 0 Å². The maximum Gasteiger partial charge on any atom is 0.0743 e. The van der Waals surface area contributed by atoms with Crippen molar-refractivity contribution in [2.75, 3.05) is 0 Å². The van der Waals surface area contributed by atoms with Crippen molar-refractivity contribution >= 4 is 10.9 Å². The number of nitrogens with two attached hydrogens (primary N) is 1. The first-order chi connectivity index (χ1) is 9.22. The first-order valence-electron chi connectivity index (χ1n) is 7.35. The maximum atomic E-state index is 6.04. The molecule has 1 aliphatic rings. The molecule has 19 heavy (non-hydrogen) atoms. The van der Waals surface area contributed by atoms with Crippen molar-refractivity contribution in [2.24, 2.45) is 5.73 Å². The molecule has 0 fully saturated rings. The fourth-order valence-electron chi connectivity index (χ4n) is 3.26. The summed E-state index contributed by atoms with van der Waals surface area (Å²) in [6, 6.07) is 6.54. The average Bonchev–Trinajstić information content (AvgIpc) is 2.43. The van der Waals surface area contributed by atoms with E-state index in [0.717, 1.165) is 12.8 Å². The zero-order chi connectivity index (χ0) is 13.4. The minimum Gasteiger partial charge on any atom is -0.326 e. The van der Waals surface area contributed by atoms with Gasteiger partial charge in [0.2, 0.25) is 0 Å². The molecule has 2 N–H and O–H groups in total. The third-order valence-electron chi connectivity index (χ3n) is 4.27. The molecule has 0 unspecified atom stereocenters. The summed E-state index contributed by atoms with van der Waals surface area (Å²) in [5.41, 5.74) is 12.6. The van der Waals surface area contributed by atoms with Crippen molar-refractivity contribution in [3.05, 3.63) is 40.6 Å². The van der Waals surface area contributed by atoms with Gasteiger partial charge in [-0.3, -0.25) is 4.98 Å². The summed E-state index contributed by atoms with van der Waals surface area (Å²) >= 11 is 0. The van der Waals surface area contributed by atoms with E-state index >= 15 is 0 Å². The zero-order valence-electron chi connectivity index (χ0n) is 11.9. The Bertz CT molecular complexity index is 614. The van der Waals surface area contributed by atoms with Crippen LogP contribution in [0.15, 0.2) is 18.2 Å². The molecule has 0 aliphatic heterocycles. The fourth-order valence-corrected chi connectivity index (χ4v) is 3.26. The Morgan fingerprint density at radius 2 is 2.00 bits per heavy atom. The molecule has 1 aromatic heterocycles. The standard InChI is InChI=1S/C17H22N2/c1-11(2)12-7-5-8-14-15(10-18)13-6-3-4-9-16(13)19-17(12)14/h5,7-8,11H,3-4,6,9-10,18H2,1-2H3. The summed E-state index contributed by atoms with van der Waals surface area (Å²) in [6.07, 6.45) is 4.80. The molecule has 1 heterocycles. The molecule has 100 valence electrons. The van der Waals surface area contributed by atoms with E-state index in [0.29, 0.717) is 12.5 Å². The van der Waals surface area contributed by atoms with E-state index in [1.165, 1.54) is 46.1 Å². The molecule has 0 saturated heterocycles. The number of benzene rings is 1. The molecule has 3 rings (SSSR count). The van der Waals surface area contributed by atoms with E-state index in [9.17, 15) is 0 Å². The second kappa shape index (κ2) is 4.93. The van der Waals surface area contributed by atoms with Gasteiger partial charge >= 0.3 is 0 Å². The first kappa shape index (κ1) is 12.6. The van der Waals surface area contributed by atoms with Gasteiger partial charge in [0.15, 0.2) is 0 Å². The minimum absolute atomic E-state index is 0.503. The summed E-state index contributed by atoms with van der Waals surface area (Å²) in [6.45, 7) is 5.10. The SMILES string of the molecule is CC(C)c1cccc2c(CN)c3c(nc12)CCCC3. The highest BCUT2D eigenvalue weighted by Crippen LogP contribution is 2.32. The van der Waals surface area contributed by atoms with Gasteiger partial charge < -0.3 is 5.73 Å². The minimum atomic E-state index is 0.503. The van der Waals surface area contributed by atoms with Gasteiger partial charge in [0.25, 0.3) is 0 Å². The van der Waals surface area contributed by atoms with Gasteiger partial charge in [-0.1, -0.05) is 32.0 Å². The first-order valence-corrected chi connectivity index (χ1v) is 7.35. The molecular formula is C17H22N2. The van der Waals surface area contributed by atoms with Gasteiger partial charge in [-0.05, 0) is 48.3 Å². The summed E-state index contributed by atoms with van der Waals surface area (Å²) in [5, 5.41) is 1.27. The Morgan fingerprint density at radius 1 is 1.21 bits per heavy atom. The lowest BCUT2D eigenvalue weighted by Gasteiger charge is -2.21. The average molecular weight is 254 g/mol.